The average Bonchev–Trinajstić information content (AvgIpc) is 2.79. The number of aliphatic carboxylic acids is 1. The van der Waals surface area contributed by atoms with Gasteiger partial charge in [-0.1, -0.05) is 48.5 Å². The zero-order valence-corrected chi connectivity index (χ0v) is 19.4. The van der Waals surface area contributed by atoms with E-state index in [4.69, 9.17) is 15.6 Å². The number of carboxylic acids is 1. The first kappa shape index (κ1) is 27.8. The summed E-state index contributed by atoms with van der Waals surface area (Å²) in [7, 11) is -3.20. The van der Waals surface area contributed by atoms with E-state index in [-0.39, 0.29) is 29.9 Å². The summed E-state index contributed by atoms with van der Waals surface area (Å²) in [6.45, 7) is -0.586. The summed E-state index contributed by atoms with van der Waals surface area (Å²) in [5, 5.41) is 7.12. The SMILES string of the molecule is NC1CCc2ccc(CCS(=O)(=O)CCCF)cc2C1Cc1ccccc1.O=C(O)C(F)(F)F. The van der Waals surface area contributed by atoms with Crippen LogP contribution in [0.3, 0.4) is 0 Å². The fourth-order valence-electron chi connectivity index (χ4n) is 3.91. The number of alkyl halides is 4. The molecule has 3 N–H and O–H groups in total. The van der Waals surface area contributed by atoms with Crippen LogP contribution in [0.2, 0.25) is 0 Å². The van der Waals surface area contributed by atoms with Gasteiger partial charge >= 0.3 is 12.1 Å². The third-order valence-corrected chi connectivity index (χ3v) is 7.44. The van der Waals surface area contributed by atoms with Crippen molar-refractivity contribution in [1.82, 2.24) is 0 Å². The molecular formula is C24H29F4NO4S. The second-order valence-corrected chi connectivity index (χ2v) is 10.6. The van der Waals surface area contributed by atoms with Crippen molar-refractivity contribution in [3.8, 4) is 0 Å². The summed E-state index contributed by atoms with van der Waals surface area (Å²) in [4.78, 5) is 8.90. The maximum atomic E-state index is 12.3. The van der Waals surface area contributed by atoms with E-state index in [0.29, 0.717) is 6.42 Å². The molecule has 2 aromatic carbocycles. The molecule has 1 aliphatic carbocycles. The molecule has 0 spiro atoms. The minimum atomic E-state index is -5.08. The minimum absolute atomic E-state index is 0.0706. The number of fused-ring (bicyclic) bond motifs is 1. The van der Waals surface area contributed by atoms with Crippen molar-refractivity contribution in [1.29, 1.82) is 0 Å². The van der Waals surface area contributed by atoms with E-state index in [1.54, 1.807) is 0 Å². The molecule has 0 heterocycles. The molecule has 0 aliphatic heterocycles. The maximum Gasteiger partial charge on any atom is 0.490 e. The van der Waals surface area contributed by atoms with Crippen molar-refractivity contribution in [2.75, 3.05) is 18.2 Å². The summed E-state index contributed by atoms with van der Waals surface area (Å²) in [6.07, 6.45) is -1.69. The number of nitrogens with two attached hydrogens (primary N) is 1. The van der Waals surface area contributed by atoms with Crippen molar-refractivity contribution >= 4 is 15.8 Å². The van der Waals surface area contributed by atoms with Gasteiger partial charge in [-0.15, -0.1) is 0 Å². The molecule has 2 unspecified atom stereocenters. The highest BCUT2D eigenvalue weighted by Gasteiger charge is 2.38. The van der Waals surface area contributed by atoms with E-state index < -0.39 is 28.7 Å². The lowest BCUT2D eigenvalue weighted by Crippen LogP contribution is -2.34. The van der Waals surface area contributed by atoms with Gasteiger partial charge in [0.25, 0.3) is 0 Å². The van der Waals surface area contributed by atoms with E-state index in [0.717, 1.165) is 24.8 Å². The third kappa shape index (κ3) is 8.72. The zero-order valence-electron chi connectivity index (χ0n) is 18.6. The Bertz CT molecular complexity index is 1040. The number of rotatable bonds is 8. The van der Waals surface area contributed by atoms with Gasteiger partial charge in [0, 0.05) is 12.0 Å². The Balaban J connectivity index is 0.000000509. The highest BCUT2D eigenvalue weighted by Crippen LogP contribution is 2.34. The predicted octanol–water partition coefficient (Wildman–Crippen LogP) is 4.24. The second kappa shape index (κ2) is 12.3. The Morgan fingerprint density at radius 2 is 1.71 bits per heavy atom. The molecule has 2 aromatic rings. The van der Waals surface area contributed by atoms with Crippen LogP contribution in [-0.4, -0.2) is 49.9 Å². The molecule has 0 saturated heterocycles. The van der Waals surface area contributed by atoms with Crippen molar-refractivity contribution in [2.24, 2.45) is 5.73 Å². The number of aryl methyl sites for hydroxylation is 2. The van der Waals surface area contributed by atoms with Gasteiger partial charge in [-0.25, -0.2) is 13.2 Å². The lowest BCUT2D eigenvalue weighted by Gasteiger charge is -2.32. The van der Waals surface area contributed by atoms with Crippen molar-refractivity contribution < 1.29 is 35.9 Å². The number of halogens is 4. The van der Waals surface area contributed by atoms with Gasteiger partial charge in [0.15, 0.2) is 9.84 Å². The van der Waals surface area contributed by atoms with Gasteiger partial charge in [0.2, 0.25) is 0 Å². The molecule has 0 radical (unpaired) electrons. The van der Waals surface area contributed by atoms with Crippen molar-refractivity contribution in [2.45, 2.75) is 50.2 Å². The van der Waals surface area contributed by atoms with Crippen LogP contribution in [0.5, 0.6) is 0 Å². The van der Waals surface area contributed by atoms with E-state index >= 15 is 0 Å². The Hall–Kier alpha value is -2.46. The van der Waals surface area contributed by atoms with Gasteiger partial charge in [-0.2, -0.15) is 13.2 Å². The van der Waals surface area contributed by atoms with E-state index in [9.17, 15) is 26.0 Å². The molecule has 1 aliphatic rings. The zero-order chi connectivity index (χ0) is 25.4. The van der Waals surface area contributed by atoms with Gasteiger partial charge in [-0.05, 0) is 54.4 Å². The summed E-state index contributed by atoms with van der Waals surface area (Å²) < 4.78 is 68.0. The minimum Gasteiger partial charge on any atom is -0.475 e. The Morgan fingerprint density at radius 1 is 1.06 bits per heavy atom. The number of hydrogen-bond donors (Lipinski definition) is 2. The Morgan fingerprint density at radius 3 is 2.29 bits per heavy atom. The lowest BCUT2D eigenvalue weighted by atomic mass is 9.76. The van der Waals surface area contributed by atoms with Crippen LogP contribution in [-0.2, 0) is 33.9 Å². The topological polar surface area (TPSA) is 97.5 Å². The monoisotopic (exact) mass is 503 g/mol. The maximum absolute atomic E-state index is 12.3. The smallest absolute Gasteiger partial charge is 0.475 e. The van der Waals surface area contributed by atoms with E-state index in [1.165, 1.54) is 16.7 Å². The average molecular weight is 504 g/mol. The molecule has 0 saturated carbocycles. The summed E-state index contributed by atoms with van der Waals surface area (Å²) in [5.41, 5.74) is 11.3. The van der Waals surface area contributed by atoms with Crippen molar-refractivity contribution in [3.63, 3.8) is 0 Å². The van der Waals surface area contributed by atoms with Crippen LogP contribution < -0.4 is 5.73 Å². The van der Waals surface area contributed by atoms with E-state index in [2.05, 4.69) is 24.3 Å². The molecule has 0 fully saturated rings. The summed E-state index contributed by atoms with van der Waals surface area (Å²) in [6, 6.07) is 16.8. The van der Waals surface area contributed by atoms with Crippen LogP contribution in [0.15, 0.2) is 48.5 Å². The van der Waals surface area contributed by atoms with Gasteiger partial charge in [0.05, 0.1) is 18.2 Å². The quantitative estimate of drug-likeness (QED) is 0.526. The first-order valence-electron chi connectivity index (χ1n) is 10.9. The summed E-state index contributed by atoms with van der Waals surface area (Å²) in [5.74, 6) is -2.51. The fourth-order valence-corrected chi connectivity index (χ4v) is 5.21. The predicted molar refractivity (Wildman–Crippen MR) is 122 cm³/mol. The Labute approximate surface area is 196 Å². The highest BCUT2D eigenvalue weighted by molar-refractivity contribution is 7.91. The Kier molecular flexibility index (Phi) is 10.1. The fraction of sp³-hybridized carbons (Fsp3) is 0.458. The molecule has 0 amide bonds. The molecule has 0 aromatic heterocycles. The third-order valence-electron chi connectivity index (χ3n) is 5.71. The van der Waals surface area contributed by atoms with Crippen LogP contribution >= 0.6 is 0 Å². The number of carbonyl (C=O) groups is 1. The first-order valence-corrected chi connectivity index (χ1v) is 12.7. The largest absolute Gasteiger partial charge is 0.490 e. The van der Waals surface area contributed by atoms with E-state index in [1.807, 2.05) is 24.3 Å². The lowest BCUT2D eigenvalue weighted by molar-refractivity contribution is -0.192. The second-order valence-electron chi connectivity index (χ2n) is 8.28. The van der Waals surface area contributed by atoms with Gasteiger partial charge < -0.3 is 10.8 Å². The standard InChI is InChI=1S/C22H28FNO2S.C2HF3O2/c23-12-4-13-27(25,26)14-11-18-7-8-19-9-10-22(24)21(20(19)15-18)16-17-5-2-1-3-6-17;3-2(4,5)1(6)7/h1-3,5-8,15,21-22H,4,9-14,16,24H2;(H,6,7). The van der Waals surface area contributed by atoms with Crippen LogP contribution in [0.1, 0.15) is 41.0 Å². The van der Waals surface area contributed by atoms with Gasteiger partial charge in [0.1, 0.15) is 0 Å². The molecule has 3 rings (SSSR count). The molecule has 0 bridgehead atoms. The summed E-state index contributed by atoms with van der Waals surface area (Å²) >= 11 is 0. The first-order chi connectivity index (χ1) is 15.9. The van der Waals surface area contributed by atoms with Crippen LogP contribution in [0, 0.1) is 0 Å². The molecule has 2 atom stereocenters. The molecule has 10 heteroatoms. The number of carboxylic acid groups (broad SMARTS) is 1. The molecule has 34 heavy (non-hydrogen) atoms. The number of benzene rings is 2. The number of sulfone groups is 1. The van der Waals surface area contributed by atoms with Crippen molar-refractivity contribution in [3.05, 3.63) is 70.8 Å². The van der Waals surface area contributed by atoms with Crippen LogP contribution in [0.25, 0.3) is 0 Å². The van der Waals surface area contributed by atoms with Gasteiger partial charge in [-0.3, -0.25) is 4.39 Å². The molecular weight excluding hydrogens is 474 g/mol. The molecule has 5 nitrogen and oxygen atoms in total. The highest BCUT2D eigenvalue weighted by atomic mass is 32.2. The number of hydrogen-bond acceptors (Lipinski definition) is 4. The molecule has 188 valence electrons. The van der Waals surface area contributed by atoms with Crippen LogP contribution in [0.4, 0.5) is 17.6 Å². The normalized spacial score (nSPS) is 17.9.